The molecule has 0 heterocycles. The summed E-state index contributed by atoms with van der Waals surface area (Å²) in [6, 6.07) is 14.2. The molecule has 2 rings (SSSR count). The van der Waals surface area contributed by atoms with Crippen molar-refractivity contribution in [2.45, 2.75) is 9.79 Å². The fourth-order valence-corrected chi connectivity index (χ4v) is 3.02. The molecule has 0 aliphatic rings. The summed E-state index contributed by atoms with van der Waals surface area (Å²) in [6.07, 6.45) is 0. The molecule has 0 amide bonds. The molecule has 2 aromatic rings. The first-order chi connectivity index (χ1) is 9.10. The molecular weight excluding hydrogens is 326 g/mol. The summed E-state index contributed by atoms with van der Waals surface area (Å²) >= 11 is 4.78. The second kappa shape index (κ2) is 5.91. The second-order valence-electron chi connectivity index (χ2n) is 3.69. The van der Waals surface area contributed by atoms with E-state index in [0.717, 1.165) is 14.3 Å². The van der Waals surface area contributed by atoms with Crippen LogP contribution in [-0.2, 0) is 0 Å². The van der Waals surface area contributed by atoms with Crippen LogP contribution in [0.1, 0.15) is 15.9 Å². The van der Waals surface area contributed by atoms with E-state index in [2.05, 4.69) is 22.0 Å². The number of nitriles is 1. The quantitative estimate of drug-likeness (QED) is 0.915. The fraction of sp³-hybridized carbons (Fsp3) is 0. The van der Waals surface area contributed by atoms with Crippen LogP contribution in [0.2, 0.25) is 0 Å². The SMILES string of the molecule is N#Cc1ccc(Sc2cccc(C(=O)O)c2)cc1Br. The van der Waals surface area contributed by atoms with Gasteiger partial charge in [0.1, 0.15) is 6.07 Å². The van der Waals surface area contributed by atoms with Gasteiger partial charge >= 0.3 is 5.97 Å². The van der Waals surface area contributed by atoms with E-state index in [0.29, 0.717) is 5.56 Å². The lowest BCUT2D eigenvalue weighted by atomic mass is 10.2. The van der Waals surface area contributed by atoms with E-state index in [1.165, 1.54) is 11.8 Å². The van der Waals surface area contributed by atoms with Gasteiger partial charge in [-0.15, -0.1) is 0 Å². The molecule has 0 saturated heterocycles. The molecule has 0 fully saturated rings. The van der Waals surface area contributed by atoms with Crippen LogP contribution >= 0.6 is 27.7 Å². The summed E-state index contributed by atoms with van der Waals surface area (Å²) in [5.41, 5.74) is 0.835. The molecule has 94 valence electrons. The van der Waals surface area contributed by atoms with Crippen molar-refractivity contribution in [2.24, 2.45) is 0 Å². The van der Waals surface area contributed by atoms with Crippen molar-refractivity contribution < 1.29 is 9.90 Å². The van der Waals surface area contributed by atoms with Crippen LogP contribution in [0.3, 0.4) is 0 Å². The van der Waals surface area contributed by atoms with E-state index in [9.17, 15) is 4.79 Å². The predicted molar refractivity (Wildman–Crippen MR) is 76.4 cm³/mol. The van der Waals surface area contributed by atoms with Crippen molar-refractivity contribution >= 4 is 33.7 Å². The van der Waals surface area contributed by atoms with E-state index in [1.807, 2.05) is 18.2 Å². The molecule has 0 unspecified atom stereocenters. The Morgan fingerprint density at radius 2 is 1.95 bits per heavy atom. The lowest BCUT2D eigenvalue weighted by molar-refractivity contribution is 0.0696. The van der Waals surface area contributed by atoms with Gasteiger partial charge in [-0.2, -0.15) is 5.26 Å². The van der Waals surface area contributed by atoms with Gasteiger partial charge in [-0.05, 0) is 52.3 Å². The van der Waals surface area contributed by atoms with E-state index >= 15 is 0 Å². The Morgan fingerprint density at radius 3 is 2.58 bits per heavy atom. The summed E-state index contributed by atoms with van der Waals surface area (Å²) in [5, 5.41) is 17.8. The Bertz CT molecular complexity index is 679. The maximum Gasteiger partial charge on any atom is 0.335 e. The highest BCUT2D eigenvalue weighted by Crippen LogP contribution is 2.31. The summed E-state index contributed by atoms with van der Waals surface area (Å²) in [6.45, 7) is 0. The third-order valence-corrected chi connectivity index (χ3v) is 4.01. The highest BCUT2D eigenvalue weighted by Gasteiger charge is 2.06. The van der Waals surface area contributed by atoms with Crippen LogP contribution in [0.5, 0.6) is 0 Å². The molecule has 19 heavy (non-hydrogen) atoms. The van der Waals surface area contributed by atoms with Gasteiger partial charge in [0.15, 0.2) is 0 Å². The number of carboxylic acid groups (broad SMARTS) is 1. The molecule has 5 heteroatoms. The molecular formula is C14H8BrNO2S. The largest absolute Gasteiger partial charge is 0.478 e. The summed E-state index contributed by atoms with van der Waals surface area (Å²) in [7, 11) is 0. The molecule has 0 aliphatic carbocycles. The lowest BCUT2D eigenvalue weighted by Crippen LogP contribution is -1.95. The van der Waals surface area contributed by atoms with Gasteiger partial charge in [-0.25, -0.2) is 4.79 Å². The zero-order chi connectivity index (χ0) is 13.8. The molecule has 0 aromatic heterocycles. The van der Waals surface area contributed by atoms with Crippen molar-refractivity contribution in [1.82, 2.24) is 0 Å². The number of carbonyl (C=O) groups is 1. The Morgan fingerprint density at radius 1 is 1.21 bits per heavy atom. The Labute approximate surface area is 123 Å². The summed E-state index contributed by atoms with van der Waals surface area (Å²) < 4.78 is 0.731. The summed E-state index contributed by atoms with van der Waals surface area (Å²) in [4.78, 5) is 12.7. The van der Waals surface area contributed by atoms with Crippen molar-refractivity contribution in [2.75, 3.05) is 0 Å². The van der Waals surface area contributed by atoms with Crippen molar-refractivity contribution in [3.63, 3.8) is 0 Å². The van der Waals surface area contributed by atoms with Crippen molar-refractivity contribution in [1.29, 1.82) is 5.26 Å². The van der Waals surface area contributed by atoms with E-state index in [4.69, 9.17) is 10.4 Å². The number of hydrogen-bond acceptors (Lipinski definition) is 3. The van der Waals surface area contributed by atoms with Crippen LogP contribution in [0.4, 0.5) is 0 Å². The smallest absolute Gasteiger partial charge is 0.335 e. The second-order valence-corrected chi connectivity index (χ2v) is 5.69. The first-order valence-electron chi connectivity index (χ1n) is 5.31. The van der Waals surface area contributed by atoms with Crippen LogP contribution in [-0.4, -0.2) is 11.1 Å². The number of halogens is 1. The first-order valence-corrected chi connectivity index (χ1v) is 6.92. The first kappa shape index (κ1) is 13.7. The molecule has 0 spiro atoms. The summed E-state index contributed by atoms with van der Waals surface area (Å²) in [5.74, 6) is -0.941. The maximum absolute atomic E-state index is 10.9. The van der Waals surface area contributed by atoms with Gasteiger partial charge in [0.2, 0.25) is 0 Å². The number of rotatable bonds is 3. The van der Waals surface area contributed by atoms with Gasteiger partial charge in [0.05, 0.1) is 11.1 Å². The molecule has 0 atom stereocenters. The highest BCUT2D eigenvalue weighted by molar-refractivity contribution is 9.10. The standard InChI is InChI=1S/C14H8BrNO2S/c15-13-7-12(5-4-10(13)8-16)19-11-3-1-2-9(6-11)14(17)18/h1-7H,(H,17,18). The van der Waals surface area contributed by atoms with Crippen LogP contribution in [0.15, 0.2) is 56.7 Å². The van der Waals surface area contributed by atoms with Gasteiger partial charge in [0.25, 0.3) is 0 Å². The van der Waals surface area contributed by atoms with Crippen molar-refractivity contribution in [3.8, 4) is 6.07 Å². The normalized spacial score (nSPS) is 9.89. The Kier molecular flexibility index (Phi) is 4.25. The van der Waals surface area contributed by atoms with E-state index < -0.39 is 5.97 Å². The van der Waals surface area contributed by atoms with Crippen LogP contribution in [0, 0.1) is 11.3 Å². The number of aromatic carboxylic acids is 1. The number of benzene rings is 2. The zero-order valence-corrected chi connectivity index (χ0v) is 12.0. The van der Waals surface area contributed by atoms with Crippen molar-refractivity contribution in [3.05, 3.63) is 58.1 Å². The Hall–Kier alpha value is -1.77. The number of hydrogen-bond donors (Lipinski definition) is 1. The number of nitrogens with zero attached hydrogens (tertiary/aromatic N) is 1. The highest BCUT2D eigenvalue weighted by atomic mass is 79.9. The van der Waals surface area contributed by atoms with Gasteiger partial charge < -0.3 is 5.11 Å². The molecule has 0 radical (unpaired) electrons. The molecule has 1 N–H and O–H groups in total. The third-order valence-electron chi connectivity index (χ3n) is 2.38. The minimum atomic E-state index is -0.941. The van der Waals surface area contributed by atoms with E-state index in [1.54, 1.807) is 24.3 Å². The van der Waals surface area contributed by atoms with Gasteiger partial charge in [-0.1, -0.05) is 17.8 Å². The average Bonchev–Trinajstić information content (AvgIpc) is 2.39. The average molecular weight is 334 g/mol. The minimum absolute atomic E-state index is 0.262. The predicted octanol–water partition coefficient (Wildman–Crippen LogP) is 4.17. The fourth-order valence-electron chi connectivity index (χ4n) is 1.48. The van der Waals surface area contributed by atoms with E-state index in [-0.39, 0.29) is 5.56 Å². The molecule has 2 aromatic carbocycles. The Balaban J connectivity index is 2.26. The van der Waals surface area contributed by atoms with Crippen LogP contribution in [0.25, 0.3) is 0 Å². The monoisotopic (exact) mass is 333 g/mol. The molecule has 3 nitrogen and oxygen atoms in total. The van der Waals surface area contributed by atoms with Gasteiger partial charge in [-0.3, -0.25) is 0 Å². The molecule has 0 bridgehead atoms. The third kappa shape index (κ3) is 3.37. The zero-order valence-electron chi connectivity index (χ0n) is 9.63. The lowest BCUT2D eigenvalue weighted by Gasteiger charge is -2.04. The number of carboxylic acids is 1. The van der Waals surface area contributed by atoms with Crippen LogP contribution < -0.4 is 0 Å². The molecule has 0 aliphatic heterocycles. The maximum atomic E-state index is 10.9. The van der Waals surface area contributed by atoms with Gasteiger partial charge in [0, 0.05) is 14.3 Å². The minimum Gasteiger partial charge on any atom is -0.478 e. The molecule has 0 saturated carbocycles. The topological polar surface area (TPSA) is 61.1 Å².